The number of carbonyl (C=O) groups is 1. The van der Waals surface area contributed by atoms with Crippen molar-refractivity contribution in [3.05, 3.63) is 33.9 Å². The molecule has 0 aliphatic heterocycles. The van der Waals surface area contributed by atoms with E-state index < -0.39 is 4.92 Å². The highest BCUT2D eigenvalue weighted by Gasteiger charge is 2.17. The van der Waals surface area contributed by atoms with E-state index in [1.165, 1.54) is 18.2 Å². The zero-order valence-electron chi connectivity index (χ0n) is 11.7. The summed E-state index contributed by atoms with van der Waals surface area (Å²) < 4.78 is 0. The van der Waals surface area contributed by atoms with Gasteiger partial charge in [-0.05, 0) is 19.4 Å². The number of nitrogen functional groups attached to an aromatic ring is 1. The number of nitro benzene ring substituents is 1. The fourth-order valence-corrected chi connectivity index (χ4v) is 1.84. The van der Waals surface area contributed by atoms with Crippen molar-refractivity contribution in [2.75, 3.05) is 5.43 Å². The number of hydrogen-bond acceptors (Lipinski definition) is 5. The van der Waals surface area contributed by atoms with Crippen LogP contribution in [0.4, 0.5) is 11.4 Å². The van der Waals surface area contributed by atoms with Crippen molar-refractivity contribution in [3.63, 3.8) is 0 Å². The first-order chi connectivity index (χ1) is 9.49. The summed E-state index contributed by atoms with van der Waals surface area (Å²) in [5, 5.41) is 13.6. The molecule has 0 heterocycles. The quantitative estimate of drug-likeness (QED) is 0.403. The summed E-state index contributed by atoms with van der Waals surface area (Å²) in [6, 6.07) is 3.94. The number of benzene rings is 1. The number of rotatable bonds is 7. The molecule has 0 spiro atoms. The number of hydrazine groups is 1. The minimum atomic E-state index is -0.544. The summed E-state index contributed by atoms with van der Waals surface area (Å²) in [7, 11) is 0. The van der Waals surface area contributed by atoms with E-state index in [0.29, 0.717) is 5.69 Å². The molecular weight excluding hydrogens is 260 g/mol. The van der Waals surface area contributed by atoms with Crippen molar-refractivity contribution in [3.8, 4) is 0 Å². The predicted octanol–water partition coefficient (Wildman–Crippen LogP) is 2.19. The maximum absolute atomic E-state index is 12.1. The van der Waals surface area contributed by atoms with Crippen LogP contribution in [0.15, 0.2) is 18.2 Å². The van der Waals surface area contributed by atoms with Crippen molar-refractivity contribution in [2.24, 2.45) is 5.84 Å². The van der Waals surface area contributed by atoms with Gasteiger partial charge in [0.25, 0.3) is 11.6 Å². The Bertz CT molecular complexity index is 491. The molecule has 0 aliphatic rings. The molecule has 1 amide bonds. The van der Waals surface area contributed by atoms with Gasteiger partial charge in [0.1, 0.15) is 0 Å². The first-order valence-corrected chi connectivity index (χ1v) is 6.55. The Morgan fingerprint density at radius 1 is 1.50 bits per heavy atom. The van der Waals surface area contributed by atoms with Gasteiger partial charge in [-0.3, -0.25) is 20.8 Å². The van der Waals surface area contributed by atoms with E-state index in [-0.39, 0.29) is 23.2 Å². The molecule has 0 aliphatic carbocycles. The third kappa shape index (κ3) is 4.20. The van der Waals surface area contributed by atoms with Gasteiger partial charge in [0, 0.05) is 18.2 Å². The largest absolute Gasteiger partial charge is 0.350 e. The third-order valence-corrected chi connectivity index (χ3v) is 2.98. The predicted molar refractivity (Wildman–Crippen MR) is 77.4 cm³/mol. The Kier molecular flexibility index (Phi) is 5.92. The molecule has 1 rings (SSSR count). The van der Waals surface area contributed by atoms with Gasteiger partial charge in [-0.2, -0.15) is 0 Å². The number of non-ortho nitro benzene ring substituents is 1. The lowest BCUT2D eigenvalue weighted by atomic mass is 10.1. The molecule has 0 saturated heterocycles. The van der Waals surface area contributed by atoms with Crippen LogP contribution in [0.25, 0.3) is 0 Å². The molecule has 1 atom stereocenters. The molecule has 110 valence electrons. The number of unbranched alkanes of at least 4 members (excludes halogenated alkanes) is 1. The molecule has 1 unspecified atom stereocenters. The van der Waals surface area contributed by atoms with Crippen LogP contribution < -0.4 is 16.6 Å². The summed E-state index contributed by atoms with van der Waals surface area (Å²) in [5.41, 5.74) is 2.76. The zero-order chi connectivity index (χ0) is 15.1. The minimum Gasteiger partial charge on any atom is -0.350 e. The van der Waals surface area contributed by atoms with E-state index in [4.69, 9.17) is 5.84 Å². The summed E-state index contributed by atoms with van der Waals surface area (Å²) >= 11 is 0. The molecule has 0 fully saturated rings. The van der Waals surface area contributed by atoms with Crippen LogP contribution in [0.2, 0.25) is 0 Å². The Hall–Kier alpha value is -2.15. The van der Waals surface area contributed by atoms with Gasteiger partial charge in [-0.15, -0.1) is 0 Å². The number of nitrogens with one attached hydrogen (secondary N) is 2. The van der Waals surface area contributed by atoms with E-state index in [9.17, 15) is 14.9 Å². The Balaban J connectivity index is 2.89. The average molecular weight is 280 g/mol. The summed E-state index contributed by atoms with van der Waals surface area (Å²) in [4.78, 5) is 22.4. The van der Waals surface area contributed by atoms with Gasteiger partial charge in [0.2, 0.25) is 0 Å². The van der Waals surface area contributed by atoms with E-state index in [1.807, 2.05) is 6.92 Å². The molecule has 0 radical (unpaired) electrons. The molecule has 0 aromatic heterocycles. The molecule has 0 bridgehead atoms. The lowest BCUT2D eigenvalue weighted by Crippen LogP contribution is -2.33. The van der Waals surface area contributed by atoms with Gasteiger partial charge < -0.3 is 10.7 Å². The zero-order valence-corrected chi connectivity index (χ0v) is 11.7. The maximum Gasteiger partial charge on any atom is 0.270 e. The van der Waals surface area contributed by atoms with Crippen molar-refractivity contribution in [1.29, 1.82) is 0 Å². The van der Waals surface area contributed by atoms with Crippen LogP contribution in [0.5, 0.6) is 0 Å². The fourth-order valence-electron chi connectivity index (χ4n) is 1.84. The number of hydrogen-bond donors (Lipinski definition) is 3. The van der Waals surface area contributed by atoms with Gasteiger partial charge >= 0.3 is 0 Å². The molecule has 1 aromatic carbocycles. The van der Waals surface area contributed by atoms with Crippen LogP contribution >= 0.6 is 0 Å². The second-order valence-electron chi connectivity index (χ2n) is 4.65. The van der Waals surface area contributed by atoms with Crippen LogP contribution in [-0.2, 0) is 0 Å². The first kappa shape index (κ1) is 15.9. The molecule has 4 N–H and O–H groups in total. The summed E-state index contributed by atoms with van der Waals surface area (Å²) in [6.07, 6.45) is 2.92. The fraction of sp³-hybridized carbons (Fsp3) is 0.462. The molecule has 7 heteroatoms. The smallest absolute Gasteiger partial charge is 0.270 e. The summed E-state index contributed by atoms with van der Waals surface area (Å²) in [6.45, 7) is 3.98. The normalized spacial score (nSPS) is 11.8. The number of amides is 1. The van der Waals surface area contributed by atoms with Crippen molar-refractivity contribution < 1.29 is 9.72 Å². The van der Waals surface area contributed by atoms with Gasteiger partial charge in [0.05, 0.1) is 16.2 Å². The van der Waals surface area contributed by atoms with Crippen LogP contribution in [0.3, 0.4) is 0 Å². The highest BCUT2D eigenvalue weighted by molar-refractivity contribution is 6.00. The number of nitro groups is 1. The Labute approximate surface area is 117 Å². The minimum absolute atomic E-state index is 0.00679. The van der Waals surface area contributed by atoms with Crippen LogP contribution in [0, 0.1) is 10.1 Å². The molecule has 0 saturated carbocycles. The highest BCUT2D eigenvalue weighted by Crippen LogP contribution is 2.21. The van der Waals surface area contributed by atoms with E-state index in [0.717, 1.165) is 19.3 Å². The van der Waals surface area contributed by atoms with E-state index in [1.54, 1.807) is 0 Å². The van der Waals surface area contributed by atoms with Gasteiger partial charge in [-0.25, -0.2) is 0 Å². The summed E-state index contributed by atoms with van der Waals surface area (Å²) in [5.74, 6) is 4.96. The number of nitrogens with zero attached hydrogens (tertiary/aromatic N) is 1. The maximum atomic E-state index is 12.1. The molecule has 7 nitrogen and oxygen atoms in total. The number of carbonyl (C=O) groups excluding carboxylic acids is 1. The van der Waals surface area contributed by atoms with Crippen molar-refractivity contribution >= 4 is 17.3 Å². The highest BCUT2D eigenvalue weighted by atomic mass is 16.6. The van der Waals surface area contributed by atoms with Gasteiger partial charge in [0.15, 0.2) is 0 Å². The SMILES string of the molecule is CCCCC(C)NC(=O)c1cc([N+](=O)[O-])ccc1NN. The monoisotopic (exact) mass is 280 g/mol. The van der Waals surface area contributed by atoms with Gasteiger partial charge in [-0.1, -0.05) is 19.8 Å². The standard InChI is InChI=1S/C13H20N4O3/c1-3-4-5-9(2)15-13(18)11-8-10(17(19)20)6-7-12(11)16-14/h6-9,16H,3-5,14H2,1-2H3,(H,15,18). The Morgan fingerprint density at radius 3 is 2.75 bits per heavy atom. The third-order valence-electron chi connectivity index (χ3n) is 2.98. The topological polar surface area (TPSA) is 110 Å². The number of anilines is 1. The second-order valence-corrected chi connectivity index (χ2v) is 4.65. The lowest BCUT2D eigenvalue weighted by Gasteiger charge is -2.15. The van der Waals surface area contributed by atoms with Crippen molar-refractivity contribution in [1.82, 2.24) is 5.32 Å². The lowest BCUT2D eigenvalue weighted by molar-refractivity contribution is -0.384. The second kappa shape index (κ2) is 7.44. The van der Waals surface area contributed by atoms with Crippen molar-refractivity contribution in [2.45, 2.75) is 39.2 Å². The van der Waals surface area contributed by atoms with E-state index >= 15 is 0 Å². The van der Waals surface area contributed by atoms with Crippen LogP contribution in [0.1, 0.15) is 43.5 Å². The average Bonchev–Trinajstić information content (AvgIpc) is 2.44. The molecule has 1 aromatic rings. The first-order valence-electron chi connectivity index (χ1n) is 6.55. The number of nitrogens with two attached hydrogens (primary N) is 1. The Morgan fingerprint density at radius 2 is 2.20 bits per heavy atom. The molecular formula is C13H20N4O3. The van der Waals surface area contributed by atoms with Crippen LogP contribution in [-0.4, -0.2) is 16.9 Å². The molecule has 20 heavy (non-hydrogen) atoms. The van der Waals surface area contributed by atoms with E-state index in [2.05, 4.69) is 17.7 Å².